The Balaban J connectivity index is 1.63. The van der Waals surface area contributed by atoms with Gasteiger partial charge in [-0.2, -0.15) is 17.0 Å². The van der Waals surface area contributed by atoms with Crippen molar-refractivity contribution in [2.24, 2.45) is 5.92 Å². The van der Waals surface area contributed by atoms with E-state index in [2.05, 4.69) is 85.3 Å². The van der Waals surface area contributed by atoms with Crippen LogP contribution in [0.3, 0.4) is 0 Å². The minimum atomic E-state index is -0.554. The van der Waals surface area contributed by atoms with E-state index < -0.39 is 5.41 Å². The molecule has 3 rings (SSSR count). The Kier molecular flexibility index (Phi) is 11.9. The van der Waals surface area contributed by atoms with Crippen LogP contribution < -0.4 is 10.6 Å². The van der Waals surface area contributed by atoms with Gasteiger partial charge in [0.15, 0.2) is 0 Å². The van der Waals surface area contributed by atoms with E-state index in [1.54, 1.807) is 11.8 Å². The van der Waals surface area contributed by atoms with Crippen LogP contribution in [0.5, 0.6) is 0 Å². The quantitative estimate of drug-likeness (QED) is 0.220. The van der Waals surface area contributed by atoms with E-state index in [1.807, 2.05) is 42.5 Å². The highest BCUT2D eigenvalue weighted by Gasteiger charge is 2.35. The molecule has 1 amide bonds. The molecular formula is C33H41N3OS. The van der Waals surface area contributed by atoms with Crippen molar-refractivity contribution in [1.82, 2.24) is 10.6 Å². The Hall–Kier alpha value is -3.07. The van der Waals surface area contributed by atoms with Gasteiger partial charge in [-0.25, -0.2) is 0 Å². The summed E-state index contributed by atoms with van der Waals surface area (Å²) in [6, 6.07) is 33.3. The highest BCUT2D eigenvalue weighted by Crippen LogP contribution is 2.36. The van der Waals surface area contributed by atoms with Crippen molar-refractivity contribution < 1.29 is 4.79 Å². The Morgan fingerprint density at radius 1 is 0.921 bits per heavy atom. The Morgan fingerprint density at radius 2 is 1.47 bits per heavy atom. The SMILES string of the molecule is CSCC[C@H](NCC(c1ccccc1)c1ccccc1)C(=O)NCCC[C@@](C#N)(c1ccccc1)C(C)C. The predicted molar refractivity (Wildman–Crippen MR) is 160 cm³/mol. The third kappa shape index (κ3) is 7.96. The number of amides is 1. The maximum Gasteiger partial charge on any atom is 0.237 e. The summed E-state index contributed by atoms with van der Waals surface area (Å²) in [6.07, 6.45) is 4.29. The first-order chi connectivity index (χ1) is 18.5. The van der Waals surface area contributed by atoms with Gasteiger partial charge in [-0.3, -0.25) is 4.79 Å². The van der Waals surface area contributed by atoms with E-state index >= 15 is 0 Å². The van der Waals surface area contributed by atoms with Gasteiger partial charge in [0.1, 0.15) is 0 Å². The van der Waals surface area contributed by atoms with Crippen molar-refractivity contribution in [2.45, 2.75) is 50.5 Å². The highest BCUT2D eigenvalue weighted by atomic mass is 32.2. The molecule has 0 unspecified atom stereocenters. The van der Waals surface area contributed by atoms with Gasteiger partial charge in [0.25, 0.3) is 0 Å². The first-order valence-corrected chi connectivity index (χ1v) is 15.0. The summed E-state index contributed by atoms with van der Waals surface area (Å²) < 4.78 is 0. The van der Waals surface area contributed by atoms with Crippen LogP contribution in [0.1, 0.15) is 55.7 Å². The van der Waals surface area contributed by atoms with E-state index in [0.717, 1.165) is 24.2 Å². The predicted octanol–water partition coefficient (Wildman–Crippen LogP) is 6.54. The van der Waals surface area contributed by atoms with Crippen molar-refractivity contribution in [3.8, 4) is 6.07 Å². The average Bonchev–Trinajstić information content (AvgIpc) is 2.96. The van der Waals surface area contributed by atoms with Gasteiger partial charge in [0.05, 0.1) is 17.5 Å². The van der Waals surface area contributed by atoms with Crippen LogP contribution in [0.25, 0.3) is 0 Å². The molecule has 0 fully saturated rings. The van der Waals surface area contributed by atoms with Crippen molar-refractivity contribution in [1.29, 1.82) is 5.26 Å². The molecule has 4 nitrogen and oxygen atoms in total. The topological polar surface area (TPSA) is 64.9 Å². The molecule has 2 atom stereocenters. The molecule has 0 aliphatic heterocycles. The fourth-order valence-electron chi connectivity index (χ4n) is 5.07. The molecule has 0 aliphatic rings. The molecule has 2 N–H and O–H groups in total. The minimum absolute atomic E-state index is 0.0331. The summed E-state index contributed by atoms with van der Waals surface area (Å²) in [4.78, 5) is 13.3. The lowest BCUT2D eigenvalue weighted by atomic mass is 9.70. The zero-order chi connectivity index (χ0) is 27.2. The van der Waals surface area contributed by atoms with E-state index in [1.165, 1.54) is 11.1 Å². The van der Waals surface area contributed by atoms with Crippen LogP contribution in [-0.2, 0) is 10.2 Å². The second kappa shape index (κ2) is 15.4. The van der Waals surface area contributed by atoms with Crippen molar-refractivity contribution >= 4 is 17.7 Å². The van der Waals surface area contributed by atoms with Gasteiger partial charge < -0.3 is 10.6 Å². The maximum atomic E-state index is 13.3. The molecule has 0 saturated carbocycles. The zero-order valence-corrected chi connectivity index (χ0v) is 23.7. The van der Waals surface area contributed by atoms with E-state index in [0.29, 0.717) is 19.5 Å². The summed E-state index contributed by atoms with van der Waals surface area (Å²) in [5, 5.41) is 16.9. The van der Waals surface area contributed by atoms with Crippen LogP contribution in [-0.4, -0.2) is 37.0 Å². The number of nitriles is 1. The molecule has 5 heteroatoms. The number of rotatable bonds is 15. The number of carbonyl (C=O) groups is 1. The van der Waals surface area contributed by atoms with Gasteiger partial charge in [-0.1, -0.05) is 105 Å². The number of nitrogens with zero attached hydrogens (tertiary/aromatic N) is 1. The lowest BCUT2D eigenvalue weighted by Gasteiger charge is -2.31. The number of carbonyl (C=O) groups excluding carboxylic acids is 1. The third-order valence-corrected chi connectivity index (χ3v) is 8.06. The molecular weight excluding hydrogens is 486 g/mol. The first kappa shape index (κ1) is 29.5. The van der Waals surface area contributed by atoms with E-state index in [4.69, 9.17) is 0 Å². The fourth-order valence-corrected chi connectivity index (χ4v) is 5.55. The summed E-state index contributed by atoms with van der Waals surface area (Å²) in [7, 11) is 0. The smallest absolute Gasteiger partial charge is 0.237 e. The van der Waals surface area contributed by atoms with E-state index in [9.17, 15) is 10.1 Å². The van der Waals surface area contributed by atoms with Crippen LogP contribution in [0.15, 0.2) is 91.0 Å². The van der Waals surface area contributed by atoms with Crippen molar-refractivity contribution in [3.05, 3.63) is 108 Å². The van der Waals surface area contributed by atoms with Crippen LogP contribution >= 0.6 is 11.8 Å². The second-order valence-corrected chi connectivity index (χ2v) is 11.1. The third-order valence-electron chi connectivity index (χ3n) is 7.42. The summed E-state index contributed by atoms with van der Waals surface area (Å²) >= 11 is 1.75. The van der Waals surface area contributed by atoms with Crippen molar-refractivity contribution in [2.75, 3.05) is 25.1 Å². The molecule has 3 aromatic carbocycles. The fraction of sp³-hybridized carbons (Fsp3) is 0.394. The number of thioether (sulfide) groups is 1. The number of hydrogen-bond donors (Lipinski definition) is 2. The summed E-state index contributed by atoms with van der Waals surface area (Å²) in [6.45, 7) is 5.44. The lowest BCUT2D eigenvalue weighted by molar-refractivity contribution is -0.123. The van der Waals surface area contributed by atoms with Gasteiger partial charge >= 0.3 is 0 Å². The van der Waals surface area contributed by atoms with Crippen LogP contribution in [0.2, 0.25) is 0 Å². The van der Waals surface area contributed by atoms with Gasteiger partial charge in [-0.05, 0) is 53.9 Å². The van der Waals surface area contributed by atoms with Gasteiger partial charge in [0, 0.05) is 19.0 Å². The first-order valence-electron chi connectivity index (χ1n) is 13.6. The maximum absolute atomic E-state index is 13.3. The molecule has 200 valence electrons. The largest absolute Gasteiger partial charge is 0.355 e. The molecule has 3 aromatic rings. The normalized spacial score (nSPS) is 13.6. The number of nitrogens with one attached hydrogen (secondary N) is 2. The van der Waals surface area contributed by atoms with Crippen LogP contribution in [0, 0.1) is 17.2 Å². The van der Waals surface area contributed by atoms with Gasteiger partial charge in [0.2, 0.25) is 5.91 Å². The lowest BCUT2D eigenvalue weighted by Crippen LogP contribution is -2.46. The Labute approximate surface area is 233 Å². The number of hydrogen-bond acceptors (Lipinski definition) is 4. The molecule has 38 heavy (non-hydrogen) atoms. The minimum Gasteiger partial charge on any atom is -0.355 e. The van der Waals surface area contributed by atoms with Crippen LogP contribution in [0.4, 0.5) is 0 Å². The molecule has 0 aromatic heterocycles. The highest BCUT2D eigenvalue weighted by molar-refractivity contribution is 7.98. The van der Waals surface area contributed by atoms with E-state index in [-0.39, 0.29) is 23.8 Å². The Morgan fingerprint density at radius 3 is 1.97 bits per heavy atom. The summed E-state index contributed by atoms with van der Waals surface area (Å²) in [5.74, 6) is 1.28. The molecule has 0 aliphatic carbocycles. The molecule has 0 heterocycles. The van der Waals surface area contributed by atoms with Crippen molar-refractivity contribution in [3.63, 3.8) is 0 Å². The Bertz CT molecular complexity index is 1090. The molecule has 0 bridgehead atoms. The molecule has 0 radical (unpaired) electrons. The average molecular weight is 528 g/mol. The second-order valence-electron chi connectivity index (χ2n) is 10.1. The standard InChI is InChI=1S/C33H41N3OS/c1-26(2)33(25-34,29-18-11-6-12-19-29)21-13-22-35-32(37)31(20-23-38-3)36-24-30(27-14-7-4-8-15-27)28-16-9-5-10-17-28/h4-12,14-19,26,30-31,36H,13,20-24H2,1-3H3,(H,35,37)/t31-,33-/m0/s1. The summed E-state index contributed by atoms with van der Waals surface area (Å²) in [5.41, 5.74) is 2.97. The van der Waals surface area contributed by atoms with Gasteiger partial charge in [-0.15, -0.1) is 0 Å². The molecule has 0 spiro atoms. The monoisotopic (exact) mass is 527 g/mol. The molecule has 0 saturated heterocycles. The zero-order valence-electron chi connectivity index (χ0n) is 22.9. The number of benzene rings is 3.